The number of imidazole rings is 1. The van der Waals surface area contributed by atoms with Crippen LogP contribution in [0.4, 0.5) is 0 Å². The number of carboxylic acid groups (broad SMARTS) is 1. The lowest BCUT2D eigenvalue weighted by atomic mass is 10.6. The van der Waals surface area contributed by atoms with Crippen molar-refractivity contribution in [3.63, 3.8) is 0 Å². The molecular weight excluding hydrogens is 240 g/mol. The molecule has 0 atom stereocenters. The molecule has 1 heterocycles. The number of ether oxygens (including phenoxy) is 3. The maximum atomic E-state index is 10.1. The number of hydrogen-bond donors (Lipinski definition) is 1. The van der Waals surface area contributed by atoms with E-state index < -0.39 is 5.97 Å². The fourth-order valence-electron chi connectivity index (χ4n) is 1.19. The van der Waals surface area contributed by atoms with Gasteiger partial charge in [0.25, 0.3) is 0 Å². The van der Waals surface area contributed by atoms with Gasteiger partial charge in [0.2, 0.25) is 0 Å². The van der Waals surface area contributed by atoms with Crippen LogP contribution in [0.2, 0.25) is 0 Å². The van der Waals surface area contributed by atoms with Gasteiger partial charge in [-0.15, -0.1) is 0 Å². The van der Waals surface area contributed by atoms with Crippen LogP contribution in [-0.2, 0) is 25.5 Å². The van der Waals surface area contributed by atoms with E-state index >= 15 is 0 Å². The summed E-state index contributed by atoms with van der Waals surface area (Å²) in [5.74, 6) is -0.974. The summed E-state index contributed by atoms with van der Waals surface area (Å²) >= 11 is 0. The third kappa shape index (κ3) is 7.77. The van der Waals surface area contributed by atoms with Gasteiger partial charge in [-0.25, -0.2) is 9.78 Å². The normalized spacial score (nSPS) is 10.7. The first kappa shape index (κ1) is 14.6. The van der Waals surface area contributed by atoms with Crippen LogP contribution in [0.5, 0.6) is 0 Å². The summed E-state index contributed by atoms with van der Waals surface area (Å²) in [5, 5.41) is 8.30. The first-order chi connectivity index (χ1) is 8.79. The molecule has 0 aromatic carbocycles. The predicted octanol–water partition coefficient (Wildman–Crippen LogP) is 0.0175. The first-order valence-electron chi connectivity index (χ1n) is 5.70. The monoisotopic (exact) mass is 258 g/mol. The Balaban J connectivity index is 1.77. The Morgan fingerprint density at radius 3 is 2.39 bits per heavy atom. The van der Waals surface area contributed by atoms with Gasteiger partial charge in [-0.2, -0.15) is 0 Å². The smallest absolute Gasteiger partial charge is 0.329 e. The summed E-state index contributed by atoms with van der Waals surface area (Å²) in [7, 11) is 0. The molecule has 1 aromatic rings. The summed E-state index contributed by atoms with van der Waals surface area (Å²) in [6, 6.07) is 0. The molecule has 7 nitrogen and oxygen atoms in total. The summed E-state index contributed by atoms with van der Waals surface area (Å²) in [4.78, 5) is 14.0. The van der Waals surface area contributed by atoms with Crippen LogP contribution >= 0.6 is 0 Å². The lowest BCUT2D eigenvalue weighted by molar-refractivity contribution is -0.142. The van der Waals surface area contributed by atoms with Crippen molar-refractivity contribution in [2.45, 2.75) is 6.54 Å². The lowest BCUT2D eigenvalue weighted by Gasteiger charge is -2.06. The summed E-state index contributed by atoms with van der Waals surface area (Å²) in [6.45, 7) is 2.72. The highest BCUT2D eigenvalue weighted by molar-refractivity contribution is 5.67. The number of hydrogen-bond acceptors (Lipinski definition) is 5. The average Bonchev–Trinajstić information content (AvgIpc) is 2.84. The molecule has 0 spiro atoms. The van der Waals surface area contributed by atoms with E-state index in [0.29, 0.717) is 26.4 Å². The molecular formula is C11H18N2O5. The second kappa shape index (κ2) is 9.58. The molecule has 102 valence electrons. The third-order valence-electron chi connectivity index (χ3n) is 2.02. The summed E-state index contributed by atoms with van der Waals surface area (Å²) < 4.78 is 17.3. The van der Waals surface area contributed by atoms with E-state index in [4.69, 9.17) is 19.3 Å². The van der Waals surface area contributed by atoms with Crippen molar-refractivity contribution < 1.29 is 24.1 Å². The Hall–Kier alpha value is -1.44. The van der Waals surface area contributed by atoms with Gasteiger partial charge in [0.15, 0.2) is 0 Å². The van der Waals surface area contributed by atoms with E-state index in [1.807, 2.05) is 10.8 Å². The third-order valence-corrected chi connectivity index (χ3v) is 2.02. The molecule has 0 aliphatic carbocycles. The second-order valence-electron chi connectivity index (χ2n) is 3.47. The van der Waals surface area contributed by atoms with Gasteiger partial charge >= 0.3 is 5.97 Å². The number of carboxylic acids is 1. The van der Waals surface area contributed by atoms with Crippen LogP contribution in [0.1, 0.15) is 0 Å². The highest BCUT2D eigenvalue weighted by Gasteiger charge is 1.96. The first-order valence-corrected chi connectivity index (χ1v) is 5.70. The zero-order chi connectivity index (χ0) is 13.1. The van der Waals surface area contributed by atoms with Gasteiger partial charge < -0.3 is 23.9 Å². The van der Waals surface area contributed by atoms with Gasteiger partial charge in [0.05, 0.1) is 39.4 Å². The molecule has 1 N–H and O–H groups in total. The zero-order valence-electron chi connectivity index (χ0n) is 10.2. The van der Waals surface area contributed by atoms with Crippen molar-refractivity contribution in [2.75, 3.05) is 39.6 Å². The highest BCUT2D eigenvalue weighted by atomic mass is 16.5. The lowest BCUT2D eigenvalue weighted by Crippen LogP contribution is -2.14. The van der Waals surface area contributed by atoms with Crippen LogP contribution in [-0.4, -0.2) is 60.3 Å². The molecule has 0 radical (unpaired) electrons. The Labute approximate surface area is 105 Å². The van der Waals surface area contributed by atoms with Crippen molar-refractivity contribution in [3.8, 4) is 0 Å². The van der Waals surface area contributed by atoms with Crippen molar-refractivity contribution in [3.05, 3.63) is 18.7 Å². The number of aliphatic carboxylic acids is 1. The van der Waals surface area contributed by atoms with Crippen LogP contribution in [0.15, 0.2) is 18.7 Å². The molecule has 0 aliphatic heterocycles. The molecule has 0 bridgehead atoms. The largest absolute Gasteiger partial charge is 0.480 e. The topological polar surface area (TPSA) is 82.8 Å². The number of nitrogens with zero attached hydrogens (tertiary/aromatic N) is 2. The number of carbonyl (C=O) groups is 1. The van der Waals surface area contributed by atoms with Crippen molar-refractivity contribution in [2.24, 2.45) is 0 Å². The van der Waals surface area contributed by atoms with Crippen LogP contribution < -0.4 is 0 Å². The molecule has 1 rings (SSSR count). The summed E-state index contributed by atoms with van der Waals surface area (Å²) in [6.07, 6.45) is 5.33. The maximum Gasteiger partial charge on any atom is 0.329 e. The minimum atomic E-state index is -0.974. The Morgan fingerprint density at radius 2 is 1.78 bits per heavy atom. The molecule has 0 aliphatic rings. The van der Waals surface area contributed by atoms with Crippen LogP contribution in [0, 0.1) is 0 Å². The Morgan fingerprint density at radius 1 is 1.11 bits per heavy atom. The molecule has 0 fully saturated rings. The Bertz CT molecular complexity index is 315. The van der Waals surface area contributed by atoms with Gasteiger partial charge in [-0.1, -0.05) is 0 Å². The molecule has 0 saturated carbocycles. The van der Waals surface area contributed by atoms with Crippen LogP contribution in [0.3, 0.4) is 0 Å². The van der Waals surface area contributed by atoms with E-state index in [1.54, 1.807) is 12.5 Å². The van der Waals surface area contributed by atoms with Crippen molar-refractivity contribution in [1.29, 1.82) is 0 Å². The van der Waals surface area contributed by atoms with Gasteiger partial charge in [0.1, 0.15) is 6.61 Å². The van der Waals surface area contributed by atoms with E-state index in [0.717, 1.165) is 6.54 Å². The minimum Gasteiger partial charge on any atom is -0.480 e. The zero-order valence-corrected chi connectivity index (χ0v) is 10.2. The minimum absolute atomic E-state index is 0.279. The van der Waals surface area contributed by atoms with Crippen molar-refractivity contribution in [1.82, 2.24) is 9.55 Å². The highest BCUT2D eigenvalue weighted by Crippen LogP contribution is 1.87. The fourth-order valence-corrected chi connectivity index (χ4v) is 1.19. The second-order valence-corrected chi connectivity index (χ2v) is 3.47. The molecule has 7 heteroatoms. The number of rotatable bonds is 11. The van der Waals surface area contributed by atoms with Crippen molar-refractivity contribution >= 4 is 5.97 Å². The standard InChI is InChI=1S/C11H18N2O5/c14-11(15)9-18-8-7-17-6-5-16-4-3-13-2-1-12-10-13/h1-2,10H,3-9H2,(H,14,15). The van der Waals surface area contributed by atoms with E-state index in [1.165, 1.54) is 0 Å². The van der Waals surface area contributed by atoms with E-state index in [-0.39, 0.29) is 13.2 Å². The molecule has 18 heavy (non-hydrogen) atoms. The van der Waals surface area contributed by atoms with E-state index in [2.05, 4.69) is 4.98 Å². The van der Waals surface area contributed by atoms with Gasteiger partial charge in [-0.05, 0) is 0 Å². The van der Waals surface area contributed by atoms with E-state index in [9.17, 15) is 4.79 Å². The SMILES string of the molecule is O=C(O)COCCOCCOCCn1ccnc1. The van der Waals surface area contributed by atoms with Gasteiger partial charge in [0, 0.05) is 18.9 Å². The molecule has 0 amide bonds. The quantitative estimate of drug-likeness (QED) is 0.563. The average molecular weight is 258 g/mol. The number of aromatic nitrogens is 2. The molecule has 0 saturated heterocycles. The van der Waals surface area contributed by atoms with Crippen LogP contribution in [0.25, 0.3) is 0 Å². The van der Waals surface area contributed by atoms with Gasteiger partial charge in [-0.3, -0.25) is 0 Å². The molecule has 1 aromatic heterocycles. The predicted molar refractivity (Wildman–Crippen MR) is 62.3 cm³/mol. The Kier molecular flexibility index (Phi) is 7.78. The fraction of sp³-hybridized carbons (Fsp3) is 0.636. The molecule has 0 unspecified atom stereocenters. The maximum absolute atomic E-state index is 10.1. The summed E-state index contributed by atoms with van der Waals surface area (Å²) in [5.41, 5.74) is 0.